The summed E-state index contributed by atoms with van der Waals surface area (Å²) in [5.74, 6) is 0.528. The molecule has 1 heterocycles. The van der Waals surface area contributed by atoms with E-state index in [0.717, 1.165) is 38.0 Å². The van der Waals surface area contributed by atoms with Crippen LogP contribution in [0.5, 0.6) is 0 Å². The highest BCUT2D eigenvalue weighted by atomic mass is 16.2. The van der Waals surface area contributed by atoms with E-state index in [-0.39, 0.29) is 17.6 Å². The van der Waals surface area contributed by atoms with Crippen molar-refractivity contribution in [1.82, 2.24) is 4.90 Å². The summed E-state index contributed by atoms with van der Waals surface area (Å²) in [4.78, 5) is 28.2. The Hall–Kier alpha value is -2.35. The largest absolute Gasteiger partial charge is 0.369 e. The first-order valence-corrected chi connectivity index (χ1v) is 8.19. The van der Waals surface area contributed by atoms with Crippen LogP contribution in [0.15, 0.2) is 18.2 Å². The van der Waals surface area contributed by atoms with Crippen LogP contribution >= 0.6 is 0 Å². The first-order chi connectivity index (χ1) is 11.1. The summed E-state index contributed by atoms with van der Waals surface area (Å²) in [6.45, 7) is 4.51. The zero-order valence-corrected chi connectivity index (χ0v) is 13.4. The molecule has 2 fully saturated rings. The van der Waals surface area contributed by atoms with Crippen molar-refractivity contribution in [2.75, 3.05) is 31.1 Å². The number of ketones is 1. The van der Waals surface area contributed by atoms with Crippen LogP contribution in [0.4, 0.5) is 5.69 Å². The number of nitrogens with zero attached hydrogens (tertiary/aromatic N) is 3. The molecule has 0 N–H and O–H groups in total. The molecule has 23 heavy (non-hydrogen) atoms. The first kappa shape index (κ1) is 15.5. The number of amides is 1. The fourth-order valence-electron chi connectivity index (χ4n) is 3.13. The van der Waals surface area contributed by atoms with Gasteiger partial charge in [0.25, 0.3) is 0 Å². The first-order valence-electron chi connectivity index (χ1n) is 8.19. The Balaban J connectivity index is 1.80. The van der Waals surface area contributed by atoms with Crippen LogP contribution in [0.1, 0.15) is 42.1 Å². The highest BCUT2D eigenvalue weighted by molar-refractivity contribution is 6.00. The SMILES string of the molecule is CC(=O)c1ccc(C#N)cc1N1CCCN(C(=O)C2CC2)CC1. The van der Waals surface area contributed by atoms with Crippen molar-refractivity contribution in [2.45, 2.75) is 26.2 Å². The summed E-state index contributed by atoms with van der Waals surface area (Å²) in [7, 11) is 0. The Morgan fingerprint density at radius 2 is 1.96 bits per heavy atom. The van der Waals surface area contributed by atoms with E-state index >= 15 is 0 Å². The predicted octanol–water partition coefficient (Wildman–Crippen LogP) is 2.21. The number of nitriles is 1. The second-order valence-electron chi connectivity index (χ2n) is 6.34. The van der Waals surface area contributed by atoms with E-state index in [1.807, 2.05) is 4.90 Å². The van der Waals surface area contributed by atoms with E-state index in [2.05, 4.69) is 11.0 Å². The van der Waals surface area contributed by atoms with Gasteiger partial charge < -0.3 is 9.80 Å². The quantitative estimate of drug-likeness (QED) is 0.803. The number of Topliss-reactive ketones (excluding diaryl/α,β-unsaturated/α-hetero) is 1. The van der Waals surface area contributed by atoms with Crippen LogP contribution in [-0.4, -0.2) is 42.8 Å². The number of hydrogen-bond acceptors (Lipinski definition) is 4. The second kappa shape index (κ2) is 6.41. The number of anilines is 1. The zero-order chi connectivity index (χ0) is 16.4. The van der Waals surface area contributed by atoms with Crippen LogP contribution < -0.4 is 4.90 Å². The summed E-state index contributed by atoms with van der Waals surface area (Å²) in [6.07, 6.45) is 2.93. The van der Waals surface area contributed by atoms with Gasteiger partial charge in [0.2, 0.25) is 5.91 Å². The van der Waals surface area contributed by atoms with Gasteiger partial charge in [0, 0.05) is 43.3 Å². The topological polar surface area (TPSA) is 64.4 Å². The lowest BCUT2D eigenvalue weighted by atomic mass is 10.1. The summed E-state index contributed by atoms with van der Waals surface area (Å²) in [5, 5.41) is 9.12. The van der Waals surface area contributed by atoms with E-state index in [4.69, 9.17) is 5.26 Å². The molecule has 1 saturated carbocycles. The molecule has 0 bridgehead atoms. The minimum atomic E-state index is -0.000324. The third-order valence-electron chi connectivity index (χ3n) is 4.58. The lowest BCUT2D eigenvalue weighted by molar-refractivity contribution is -0.132. The molecule has 1 amide bonds. The molecular formula is C18H21N3O2. The van der Waals surface area contributed by atoms with E-state index < -0.39 is 0 Å². The van der Waals surface area contributed by atoms with Crippen LogP contribution in [0.2, 0.25) is 0 Å². The maximum atomic E-state index is 12.2. The van der Waals surface area contributed by atoms with Gasteiger partial charge in [-0.1, -0.05) is 0 Å². The second-order valence-corrected chi connectivity index (χ2v) is 6.34. The molecule has 0 aromatic heterocycles. The summed E-state index contributed by atoms with van der Waals surface area (Å²) in [5.41, 5.74) is 2.02. The third-order valence-corrected chi connectivity index (χ3v) is 4.58. The smallest absolute Gasteiger partial charge is 0.225 e. The summed E-state index contributed by atoms with van der Waals surface area (Å²) < 4.78 is 0. The van der Waals surface area contributed by atoms with Crippen LogP contribution in [-0.2, 0) is 4.79 Å². The minimum Gasteiger partial charge on any atom is -0.369 e. The molecule has 0 atom stereocenters. The monoisotopic (exact) mass is 311 g/mol. The van der Waals surface area contributed by atoms with Crippen LogP contribution in [0.3, 0.4) is 0 Å². The molecule has 1 saturated heterocycles. The zero-order valence-electron chi connectivity index (χ0n) is 13.4. The summed E-state index contributed by atoms with van der Waals surface area (Å²) >= 11 is 0. The van der Waals surface area contributed by atoms with E-state index in [1.165, 1.54) is 0 Å². The lowest BCUT2D eigenvalue weighted by Gasteiger charge is -2.25. The van der Waals surface area contributed by atoms with Gasteiger partial charge in [0.05, 0.1) is 11.6 Å². The van der Waals surface area contributed by atoms with Gasteiger partial charge in [-0.25, -0.2) is 0 Å². The molecule has 0 spiro atoms. The van der Waals surface area contributed by atoms with Crippen molar-refractivity contribution in [2.24, 2.45) is 5.92 Å². The normalized spacial score (nSPS) is 18.3. The standard InChI is InChI=1S/C18H21N3O2/c1-13(22)16-6-3-14(12-19)11-17(16)20-7-2-8-21(10-9-20)18(23)15-4-5-15/h3,6,11,15H,2,4-5,7-10H2,1H3. The van der Waals surface area contributed by atoms with Gasteiger partial charge in [0.1, 0.15) is 0 Å². The Kier molecular flexibility index (Phi) is 4.33. The van der Waals surface area contributed by atoms with Crippen LogP contribution in [0, 0.1) is 17.2 Å². The Morgan fingerprint density at radius 3 is 2.61 bits per heavy atom. The molecule has 0 unspecified atom stereocenters. The van der Waals surface area contributed by atoms with Gasteiger partial charge in [-0.2, -0.15) is 5.26 Å². The lowest BCUT2D eigenvalue weighted by Crippen LogP contribution is -2.36. The van der Waals surface area contributed by atoms with Gasteiger partial charge in [0.15, 0.2) is 5.78 Å². The van der Waals surface area contributed by atoms with Gasteiger partial charge >= 0.3 is 0 Å². The van der Waals surface area contributed by atoms with Crippen molar-refractivity contribution in [3.05, 3.63) is 29.3 Å². The maximum absolute atomic E-state index is 12.2. The van der Waals surface area contributed by atoms with Crippen molar-refractivity contribution in [3.63, 3.8) is 0 Å². The molecule has 5 nitrogen and oxygen atoms in total. The fraction of sp³-hybridized carbons (Fsp3) is 0.500. The number of carbonyl (C=O) groups is 2. The average molecular weight is 311 g/mol. The van der Waals surface area contributed by atoms with E-state index in [9.17, 15) is 9.59 Å². The van der Waals surface area contributed by atoms with E-state index in [1.54, 1.807) is 25.1 Å². The molecule has 0 radical (unpaired) electrons. The molecule has 1 aliphatic carbocycles. The van der Waals surface area contributed by atoms with E-state index in [0.29, 0.717) is 24.2 Å². The number of benzene rings is 1. The molecule has 1 aromatic carbocycles. The highest BCUT2D eigenvalue weighted by Gasteiger charge is 2.34. The van der Waals surface area contributed by atoms with Crippen LogP contribution in [0.25, 0.3) is 0 Å². The number of rotatable bonds is 3. The molecular weight excluding hydrogens is 290 g/mol. The maximum Gasteiger partial charge on any atom is 0.225 e. The van der Waals surface area contributed by atoms with Crippen molar-refractivity contribution >= 4 is 17.4 Å². The molecule has 5 heteroatoms. The fourth-order valence-corrected chi connectivity index (χ4v) is 3.13. The third kappa shape index (κ3) is 3.37. The molecule has 3 rings (SSSR count). The van der Waals surface area contributed by atoms with Gasteiger partial charge in [-0.3, -0.25) is 9.59 Å². The van der Waals surface area contributed by atoms with Crippen molar-refractivity contribution < 1.29 is 9.59 Å². The Labute approximate surface area is 136 Å². The molecule has 2 aliphatic rings. The van der Waals surface area contributed by atoms with Crippen molar-refractivity contribution in [1.29, 1.82) is 5.26 Å². The summed E-state index contributed by atoms with van der Waals surface area (Å²) in [6, 6.07) is 7.33. The Bertz CT molecular complexity index is 673. The van der Waals surface area contributed by atoms with Gasteiger partial charge in [-0.05, 0) is 44.4 Å². The van der Waals surface area contributed by atoms with Gasteiger partial charge in [-0.15, -0.1) is 0 Å². The highest BCUT2D eigenvalue weighted by Crippen LogP contribution is 2.31. The molecule has 1 aromatic rings. The minimum absolute atomic E-state index is 0.000324. The Morgan fingerprint density at radius 1 is 1.17 bits per heavy atom. The average Bonchev–Trinajstić information content (AvgIpc) is 3.39. The predicted molar refractivity (Wildman–Crippen MR) is 87.3 cm³/mol. The molecule has 1 aliphatic heterocycles. The molecule has 120 valence electrons. The number of carbonyl (C=O) groups excluding carboxylic acids is 2. The number of hydrogen-bond donors (Lipinski definition) is 0. The van der Waals surface area contributed by atoms with Crippen molar-refractivity contribution in [3.8, 4) is 6.07 Å².